The Morgan fingerprint density at radius 1 is 0.235 bits per heavy atom. The van der Waals surface area contributed by atoms with Gasteiger partial charge in [-0.25, -0.2) is 29.9 Å². The van der Waals surface area contributed by atoms with Crippen LogP contribution in [0.3, 0.4) is 0 Å². The summed E-state index contributed by atoms with van der Waals surface area (Å²) in [5.41, 5.74) is 25.8. The lowest BCUT2D eigenvalue weighted by molar-refractivity contribution is 0.664. The number of hydrogen-bond donors (Lipinski definition) is 0. The Labute approximate surface area is 590 Å². The van der Waals surface area contributed by atoms with Gasteiger partial charge in [-0.05, 0) is 146 Å². The molecule has 478 valence electrons. The number of para-hydroxylation sites is 1. The summed E-state index contributed by atoms with van der Waals surface area (Å²) in [5, 5.41) is 4.72. The van der Waals surface area contributed by atoms with Crippen LogP contribution in [-0.2, 0) is 10.8 Å². The zero-order valence-electron chi connectivity index (χ0n) is 55.9. The van der Waals surface area contributed by atoms with E-state index in [-0.39, 0.29) is 5.41 Å². The third-order valence-corrected chi connectivity index (χ3v) is 21.3. The van der Waals surface area contributed by atoms with Crippen LogP contribution in [0.5, 0.6) is 0 Å². The van der Waals surface area contributed by atoms with Crippen LogP contribution < -0.4 is 0 Å². The zero-order chi connectivity index (χ0) is 67.6. The van der Waals surface area contributed by atoms with Gasteiger partial charge in [0.1, 0.15) is 0 Å². The molecule has 4 aromatic heterocycles. The van der Waals surface area contributed by atoms with E-state index in [4.69, 9.17) is 29.9 Å². The van der Waals surface area contributed by atoms with E-state index in [0.29, 0.717) is 34.9 Å². The van der Waals surface area contributed by atoms with E-state index in [9.17, 15) is 0 Å². The Morgan fingerprint density at radius 3 is 1.13 bits per heavy atom. The largest absolute Gasteiger partial charge is 0.309 e. The Balaban J connectivity index is 0.778. The molecule has 0 atom stereocenters. The van der Waals surface area contributed by atoms with Crippen molar-refractivity contribution in [3.05, 3.63) is 373 Å². The molecule has 0 radical (unpaired) electrons. The standard InChI is InChI=1S/C94H62N8/c1-93(2)79-41-25-24-40-71(79)73-50-51-74-76-54-64(46-53-83(76)102(86(74)85(73)93)70-47-42-63(43-48-70)91-97-87(59-26-10-3-11-27-59)95-88(98-91)60-28-12-4-13-29-60)65-45-52-82-77(55-65)78-57-81-75(58-84(78)101(82)69-38-22-9-23-39-69)72-49-44-66(56-80(72)94(81,67-34-18-7-19-35-67)68-36-20-8-21-37-68)92-99-89(61-30-14-5-15-31-61)96-90(100-92)62-32-16-6-17-33-62/h3-58H,1-2H3. The van der Waals surface area contributed by atoms with Crippen LogP contribution in [0.1, 0.15) is 47.2 Å². The minimum atomic E-state index is -0.756. The molecule has 14 aromatic carbocycles. The molecule has 0 bridgehead atoms. The first kappa shape index (κ1) is 58.8. The Morgan fingerprint density at radius 2 is 0.608 bits per heavy atom. The summed E-state index contributed by atoms with van der Waals surface area (Å²) in [6.07, 6.45) is 0. The second kappa shape index (κ2) is 23.2. The van der Waals surface area contributed by atoms with Crippen molar-refractivity contribution in [2.45, 2.75) is 24.7 Å². The summed E-state index contributed by atoms with van der Waals surface area (Å²) in [6, 6.07) is 122. The van der Waals surface area contributed by atoms with Crippen LogP contribution in [0.25, 0.3) is 157 Å². The molecule has 20 rings (SSSR count). The molecule has 0 N–H and O–H groups in total. The fourth-order valence-corrected chi connectivity index (χ4v) is 16.6. The van der Waals surface area contributed by atoms with E-state index in [2.05, 4.69) is 290 Å². The second-order valence-electron chi connectivity index (χ2n) is 27.3. The van der Waals surface area contributed by atoms with Crippen molar-refractivity contribution < 1.29 is 0 Å². The normalized spacial score (nSPS) is 13.2. The van der Waals surface area contributed by atoms with Crippen molar-refractivity contribution in [2.24, 2.45) is 0 Å². The summed E-state index contributed by atoms with van der Waals surface area (Å²) in [5.74, 6) is 3.73. The quantitative estimate of drug-likeness (QED) is 0.128. The molecule has 0 unspecified atom stereocenters. The van der Waals surface area contributed by atoms with Crippen LogP contribution in [0.15, 0.2) is 340 Å². The minimum absolute atomic E-state index is 0.291. The molecule has 2 aliphatic rings. The van der Waals surface area contributed by atoms with Crippen molar-refractivity contribution in [1.82, 2.24) is 39.0 Å². The van der Waals surface area contributed by atoms with Gasteiger partial charge in [-0.3, -0.25) is 0 Å². The lowest BCUT2D eigenvalue weighted by Crippen LogP contribution is -2.28. The fourth-order valence-electron chi connectivity index (χ4n) is 16.6. The van der Waals surface area contributed by atoms with Crippen molar-refractivity contribution in [3.8, 4) is 113 Å². The van der Waals surface area contributed by atoms with E-state index in [1.807, 2.05) is 72.8 Å². The summed E-state index contributed by atoms with van der Waals surface area (Å²) in [7, 11) is 0. The molecule has 4 heterocycles. The van der Waals surface area contributed by atoms with Crippen molar-refractivity contribution >= 4 is 43.6 Å². The first-order valence-corrected chi connectivity index (χ1v) is 34.8. The van der Waals surface area contributed by atoms with Gasteiger partial charge in [-0.2, -0.15) is 0 Å². The molecule has 0 amide bonds. The third-order valence-electron chi connectivity index (χ3n) is 21.3. The smallest absolute Gasteiger partial charge is 0.164 e. The van der Waals surface area contributed by atoms with E-state index < -0.39 is 5.41 Å². The van der Waals surface area contributed by atoms with Crippen LogP contribution in [-0.4, -0.2) is 39.0 Å². The number of benzene rings is 14. The SMILES string of the molecule is CC1(C)c2ccccc2-c2ccc3c4cc(-c5ccc6c(c5)c5cc7c(cc5n6-c5ccccc5)-c5ccc(-c6nc(-c8ccccc8)nc(-c8ccccc8)n6)cc5C7(c5ccccc5)c5ccccc5)ccc4n(-c4ccc(-c5nc(-c6ccccc6)nc(-c6ccccc6)n5)cc4)c3c21. The van der Waals surface area contributed by atoms with Gasteiger partial charge in [0.15, 0.2) is 34.9 Å². The molecule has 0 aliphatic heterocycles. The number of fused-ring (bicyclic) bond motifs is 13. The molecule has 0 fully saturated rings. The van der Waals surface area contributed by atoms with Crippen LogP contribution in [0, 0.1) is 0 Å². The first-order chi connectivity index (χ1) is 50.3. The molecular formula is C94H62N8. The van der Waals surface area contributed by atoms with Gasteiger partial charge >= 0.3 is 0 Å². The van der Waals surface area contributed by atoms with Gasteiger partial charge < -0.3 is 9.13 Å². The first-order valence-electron chi connectivity index (χ1n) is 34.8. The number of rotatable bonds is 11. The highest BCUT2D eigenvalue weighted by molar-refractivity contribution is 6.16. The topological polar surface area (TPSA) is 87.2 Å². The number of nitrogens with zero attached hydrogens (tertiary/aromatic N) is 8. The Bertz CT molecular complexity index is 6200. The molecule has 0 spiro atoms. The lowest BCUT2D eigenvalue weighted by atomic mass is 9.67. The highest BCUT2D eigenvalue weighted by Gasteiger charge is 2.47. The molecule has 0 saturated carbocycles. The average molecular weight is 1300 g/mol. The maximum absolute atomic E-state index is 5.29. The van der Waals surface area contributed by atoms with E-state index >= 15 is 0 Å². The third kappa shape index (κ3) is 9.16. The maximum atomic E-state index is 5.29. The van der Waals surface area contributed by atoms with Gasteiger partial charge in [-0.15, -0.1) is 0 Å². The number of hydrogen-bond acceptors (Lipinski definition) is 6. The summed E-state index contributed by atoms with van der Waals surface area (Å²) >= 11 is 0. The minimum Gasteiger partial charge on any atom is -0.309 e. The summed E-state index contributed by atoms with van der Waals surface area (Å²) < 4.78 is 4.96. The van der Waals surface area contributed by atoms with Crippen molar-refractivity contribution in [2.75, 3.05) is 0 Å². The van der Waals surface area contributed by atoms with Gasteiger partial charge in [0.25, 0.3) is 0 Å². The van der Waals surface area contributed by atoms with E-state index in [0.717, 1.165) is 88.9 Å². The highest BCUT2D eigenvalue weighted by atomic mass is 15.0. The van der Waals surface area contributed by atoms with Crippen molar-refractivity contribution in [1.29, 1.82) is 0 Å². The lowest BCUT2D eigenvalue weighted by Gasteiger charge is -2.34. The summed E-state index contributed by atoms with van der Waals surface area (Å²) in [4.78, 5) is 30.9. The molecule has 2 aliphatic carbocycles. The van der Waals surface area contributed by atoms with Gasteiger partial charge in [-0.1, -0.05) is 275 Å². The Hall–Kier alpha value is -13.3. The fraction of sp³-hybridized carbons (Fsp3) is 0.0426. The highest BCUT2D eigenvalue weighted by Crippen LogP contribution is 2.59. The average Bonchev–Trinajstić information content (AvgIpc) is 1.53. The van der Waals surface area contributed by atoms with Gasteiger partial charge in [0, 0.05) is 71.7 Å². The molecule has 8 heteroatoms. The number of aromatic nitrogens is 8. The molecule has 8 nitrogen and oxygen atoms in total. The molecule has 0 saturated heterocycles. The van der Waals surface area contributed by atoms with Gasteiger partial charge in [0.2, 0.25) is 0 Å². The van der Waals surface area contributed by atoms with Crippen molar-refractivity contribution in [3.63, 3.8) is 0 Å². The van der Waals surface area contributed by atoms with E-state index in [1.165, 1.54) is 66.2 Å². The predicted molar refractivity (Wildman–Crippen MR) is 415 cm³/mol. The van der Waals surface area contributed by atoms with Crippen LogP contribution >= 0.6 is 0 Å². The van der Waals surface area contributed by atoms with Gasteiger partial charge in [0.05, 0.1) is 27.5 Å². The van der Waals surface area contributed by atoms with E-state index in [1.54, 1.807) is 0 Å². The second-order valence-corrected chi connectivity index (χ2v) is 27.3. The zero-order valence-corrected chi connectivity index (χ0v) is 55.9. The molecular weight excluding hydrogens is 1240 g/mol. The molecule has 18 aromatic rings. The monoisotopic (exact) mass is 1300 g/mol. The maximum Gasteiger partial charge on any atom is 0.164 e. The molecule has 102 heavy (non-hydrogen) atoms. The summed E-state index contributed by atoms with van der Waals surface area (Å²) in [6.45, 7) is 4.78. The predicted octanol–water partition coefficient (Wildman–Crippen LogP) is 22.6. The van der Waals surface area contributed by atoms with Crippen LogP contribution in [0.4, 0.5) is 0 Å². The van der Waals surface area contributed by atoms with Crippen LogP contribution in [0.2, 0.25) is 0 Å². The Kier molecular flexibility index (Phi) is 13.4.